The van der Waals surface area contributed by atoms with E-state index >= 15 is 0 Å². The molecular formula is C17H24O2. The summed E-state index contributed by atoms with van der Waals surface area (Å²) in [4.78, 5) is 0. The molecule has 104 valence electrons. The van der Waals surface area contributed by atoms with E-state index in [1.54, 1.807) is 0 Å². The van der Waals surface area contributed by atoms with Gasteiger partial charge >= 0.3 is 0 Å². The zero-order chi connectivity index (χ0) is 13.5. The van der Waals surface area contributed by atoms with Gasteiger partial charge in [0.1, 0.15) is 0 Å². The molecule has 2 aliphatic rings. The van der Waals surface area contributed by atoms with Crippen LogP contribution in [0.1, 0.15) is 42.4 Å². The highest BCUT2D eigenvalue weighted by molar-refractivity contribution is 5.39. The van der Waals surface area contributed by atoms with Gasteiger partial charge in [-0.25, -0.2) is 0 Å². The maximum absolute atomic E-state index is 9.71. The van der Waals surface area contributed by atoms with Crippen molar-refractivity contribution in [3.8, 4) is 0 Å². The monoisotopic (exact) mass is 260 g/mol. The van der Waals surface area contributed by atoms with E-state index in [1.165, 1.54) is 16.7 Å². The highest BCUT2D eigenvalue weighted by atomic mass is 16.5. The van der Waals surface area contributed by atoms with Gasteiger partial charge in [0.15, 0.2) is 0 Å². The van der Waals surface area contributed by atoms with E-state index in [1.807, 2.05) is 0 Å². The molecule has 19 heavy (non-hydrogen) atoms. The van der Waals surface area contributed by atoms with Crippen LogP contribution in [0.25, 0.3) is 0 Å². The van der Waals surface area contributed by atoms with Crippen molar-refractivity contribution in [1.82, 2.24) is 0 Å². The lowest BCUT2D eigenvalue weighted by atomic mass is 9.62. The van der Waals surface area contributed by atoms with Crippen molar-refractivity contribution in [2.45, 2.75) is 51.0 Å². The average Bonchev–Trinajstić information content (AvgIpc) is 2.32. The first-order valence-corrected chi connectivity index (χ1v) is 7.45. The fourth-order valence-electron chi connectivity index (χ4n) is 3.93. The molecule has 1 aromatic rings. The maximum atomic E-state index is 9.71. The van der Waals surface area contributed by atoms with Crippen molar-refractivity contribution < 1.29 is 9.84 Å². The van der Waals surface area contributed by atoms with Crippen LogP contribution in [0.15, 0.2) is 18.2 Å². The van der Waals surface area contributed by atoms with Gasteiger partial charge in [-0.15, -0.1) is 0 Å². The number of hydrogen-bond acceptors (Lipinski definition) is 2. The highest BCUT2D eigenvalue weighted by Crippen LogP contribution is 2.47. The topological polar surface area (TPSA) is 29.5 Å². The predicted molar refractivity (Wildman–Crippen MR) is 76.4 cm³/mol. The minimum atomic E-state index is -0.0755. The minimum Gasteiger partial charge on any atom is -0.393 e. The van der Waals surface area contributed by atoms with E-state index in [2.05, 4.69) is 32.0 Å². The Hall–Kier alpha value is -0.860. The molecule has 2 heteroatoms. The molecule has 1 saturated heterocycles. The minimum absolute atomic E-state index is 0.0755. The molecule has 1 saturated carbocycles. The van der Waals surface area contributed by atoms with Crippen LogP contribution < -0.4 is 0 Å². The first-order valence-electron chi connectivity index (χ1n) is 7.45. The molecule has 0 radical (unpaired) electrons. The molecule has 1 heterocycles. The van der Waals surface area contributed by atoms with Crippen LogP contribution in [-0.4, -0.2) is 24.4 Å². The number of benzene rings is 1. The van der Waals surface area contributed by atoms with Gasteiger partial charge < -0.3 is 9.84 Å². The van der Waals surface area contributed by atoms with Gasteiger partial charge in [0.05, 0.1) is 19.3 Å². The smallest absolute Gasteiger partial charge is 0.0588 e. The van der Waals surface area contributed by atoms with E-state index in [4.69, 9.17) is 4.74 Å². The zero-order valence-electron chi connectivity index (χ0n) is 12.0. The van der Waals surface area contributed by atoms with Crippen molar-refractivity contribution >= 4 is 0 Å². The van der Waals surface area contributed by atoms with Gasteiger partial charge in [-0.1, -0.05) is 23.8 Å². The molecule has 1 N–H and O–H groups in total. The van der Waals surface area contributed by atoms with Crippen LogP contribution in [0.5, 0.6) is 0 Å². The number of aryl methyl sites for hydroxylation is 2. The SMILES string of the molecule is Cc1ccc(C2(C3CCC(O)CC3)COC2)c(C)c1. The summed E-state index contributed by atoms with van der Waals surface area (Å²) in [6, 6.07) is 6.81. The second-order valence-corrected chi connectivity index (χ2v) is 6.47. The molecule has 1 aliphatic carbocycles. The third-order valence-corrected chi connectivity index (χ3v) is 5.12. The van der Waals surface area contributed by atoms with Gasteiger partial charge in [0, 0.05) is 5.41 Å². The highest BCUT2D eigenvalue weighted by Gasteiger charge is 2.48. The van der Waals surface area contributed by atoms with Crippen LogP contribution >= 0.6 is 0 Å². The van der Waals surface area contributed by atoms with E-state index in [0.717, 1.165) is 38.9 Å². The van der Waals surface area contributed by atoms with Crippen molar-refractivity contribution in [3.63, 3.8) is 0 Å². The molecule has 0 unspecified atom stereocenters. The third-order valence-electron chi connectivity index (χ3n) is 5.12. The summed E-state index contributed by atoms with van der Waals surface area (Å²) < 4.78 is 5.60. The summed E-state index contributed by atoms with van der Waals surface area (Å²) in [5.74, 6) is 0.672. The van der Waals surface area contributed by atoms with Crippen LogP contribution in [0, 0.1) is 19.8 Å². The lowest BCUT2D eigenvalue weighted by Crippen LogP contribution is -2.53. The molecule has 3 rings (SSSR count). The summed E-state index contributed by atoms with van der Waals surface area (Å²) in [7, 11) is 0. The third kappa shape index (κ3) is 2.21. The van der Waals surface area contributed by atoms with Crippen LogP contribution in [0.4, 0.5) is 0 Å². The molecule has 0 amide bonds. The molecule has 0 atom stereocenters. The van der Waals surface area contributed by atoms with Gasteiger partial charge in [0.25, 0.3) is 0 Å². The number of aliphatic hydroxyl groups excluding tert-OH is 1. The molecule has 2 fully saturated rings. The number of aliphatic hydroxyl groups is 1. The van der Waals surface area contributed by atoms with Gasteiger partial charge in [-0.05, 0) is 56.6 Å². The summed E-state index contributed by atoms with van der Waals surface area (Å²) in [5.41, 5.74) is 4.42. The van der Waals surface area contributed by atoms with Crippen LogP contribution in [-0.2, 0) is 10.2 Å². The second kappa shape index (κ2) is 4.92. The predicted octanol–water partition coefficient (Wildman–Crippen LogP) is 3.12. The largest absolute Gasteiger partial charge is 0.393 e. The Bertz CT molecular complexity index is 454. The standard InChI is InChI=1S/C17H24O2/c1-12-3-8-16(13(2)9-12)17(10-19-11-17)14-4-6-15(18)7-5-14/h3,8-9,14-15,18H,4-7,10-11H2,1-2H3. The van der Waals surface area contributed by atoms with Crippen molar-refractivity contribution in [2.24, 2.45) is 5.92 Å². The summed E-state index contributed by atoms with van der Waals surface area (Å²) in [6.45, 7) is 6.09. The first kappa shape index (κ1) is 13.1. The fourth-order valence-corrected chi connectivity index (χ4v) is 3.93. The van der Waals surface area contributed by atoms with E-state index in [9.17, 15) is 5.11 Å². The molecule has 1 aliphatic heterocycles. The van der Waals surface area contributed by atoms with Crippen molar-refractivity contribution in [3.05, 3.63) is 34.9 Å². The van der Waals surface area contributed by atoms with Crippen LogP contribution in [0.2, 0.25) is 0 Å². The Morgan fingerprint density at radius 1 is 1.11 bits per heavy atom. The maximum Gasteiger partial charge on any atom is 0.0588 e. The van der Waals surface area contributed by atoms with E-state index in [0.29, 0.717) is 5.92 Å². The summed E-state index contributed by atoms with van der Waals surface area (Å²) in [6.07, 6.45) is 4.11. The molecule has 1 aromatic carbocycles. The Labute approximate surface area is 115 Å². The Morgan fingerprint density at radius 3 is 2.32 bits per heavy atom. The Balaban J connectivity index is 1.90. The van der Waals surface area contributed by atoms with E-state index < -0.39 is 0 Å². The summed E-state index contributed by atoms with van der Waals surface area (Å²) in [5, 5.41) is 9.71. The number of ether oxygens (including phenoxy) is 1. The van der Waals surface area contributed by atoms with Gasteiger partial charge in [0.2, 0.25) is 0 Å². The molecule has 2 nitrogen and oxygen atoms in total. The quantitative estimate of drug-likeness (QED) is 0.885. The van der Waals surface area contributed by atoms with Crippen molar-refractivity contribution in [1.29, 1.82) is 0 Å². The molecule has 0 aromatic heterocycles. The van der Waals surface area contributed by atoms with Gasteiger partial charge in [-0.3, -0.25) is 0 Å². The van der Waals surface area contributed by atoms with Crippen molar-refractivity contribution in [2.75, 3.05) is 13.2 Å². The lowest BCUT2D eigenvalue weighted by Gasteiger charge is -2.50. The fraction of sp³-hybridized carbons (Fsp3) is 0.647. The second-order valence-electron chi connectivity index (χ2n) is 6.47. The lowest BCUT2D eigenvalue weighted by molar-refractivity contribution is -0.103. The number of rotatable bonds is 2. The van der Waals surface area contributed by atoms with Crippen LogP contribution in [0.3, 0.4) is 0 Å². The molecule has 0 spiro atoms. The Kier molecular flexibility index (Phi) is 3.40. The average molecular weight is 260 g/mol. The molecular weight excluding hydrogens is 236 g/mol. The summed E-state index contributed by atoms with van der Waals surface area (Å²) >= 11 is 0. The Morgan fingerprint density at radius 2 is 1.79 bits per heavy atom. The normalized spacial score (nSPS) is 29.8. The first-order chi connectivity index (χ1) is 9.12. The van der Waals surface area contributed by atoms with Gasteiger partial charge in [-0.2, -0.15) is 0 Å². The zero-order valence-corrected chi connectivity index (χ0v) is 12.0. The van der Waals surface area contributed by atoms with E-state index in [-0.39, 0.29) is 11.5 Å². The number of hydrogen-bond donors (Lipinski definition) is 1. The molecule has 0 bridgehead atoms.